The van der Waals surface area contributed by atoms with Gasteiger partial charge in [0, 0.05) is 11.7 Å². The third-order valence-corrected chi connectivity index (χ3v) is 2.93. The average Bonchev–Trinajstić information content (AvgIpc) is 2.64. The van der Waals surface area contributed by atoms with E-state index in [-0.39, 0.29) is 16.7 Å². The zero-order valence-electron chi connectivity index (χ0n) is 10.8. The van der Waals surface area contributed by atoms with E-state index in [0.717, 1.165) is 6.92 Å². The first-order valence-electron chi connectivity index (χ1n) is 5.90. The molecule has 0 aliphatic heterocycles. The summed E-state index contributed by atoms with van der Waals surface area (Å²) in [6, 6.07) is 2.32. The quantitative estimate of drug-likeness (QED) is 0.669. The number of rotatable bonds is 2. The van der Waals surface area contributed by atoms with Crippen LogP contribution in [-0.4, -0.2) is 15.7 Å². The lowest BCUT2D eigenvalue weighted by molar-refractivity contribution is -0.155. The van der Waals surface area contributed by atoms with E-state index >= 15 is 0 Å². The fourth-order valence-corrected chi connectivity index (χ4v) is 2.19. The van der Waals surface area contributed by atoms with E-state index in [1.165, 1.54) is 18.2 Å². The highest BCUT2D eigenvalue weighted by Gasteiger charge is 2.40. The molecule has 0 radical (unpaired) electrons. The molecule has 0 aliphatic carbocycles. The number of nitrogens with zero attached hydrogens (tertiary/aromatic N) is 2. The molecule has 1 atom stereocenters. The van der Waals surface area contributed by atoms with Crippen molar-refractivity contribution in [1.29, 1.82) is 0 Å². The predicted octanol–water partition coefficient (Wildman–Crippen LogP) is 4.15. The number of aromatic nitrogens is 2. The molecule has 2 N–H and O–H groups in total. The standard InChI is InChI=1S/C12H11F6N3/c1-6(5-11(13,14)15)21-9-3-2-7(19)4-8(9)20-10(21)12(16,17)18/h2-4,6H,5,19H2,1H3. The topological polar surface area (TPSA) is 43.8 Å². The number of nitrogen functional groups attached to an aromatic ring is 1. The molecule has 1 unspecified atom stereocenters. The molecule has 116 valence electrons. The van der Waals surface area contributed by atoms with Crippen molar-refractivity contribution in [2.24, 2.45) is 0 Å². The zero-order valence-corrected chi connectivity index (χ0v) is 10.8. The number of hydrogen-bond donors (Lipinski definition) is 1. The second kappa shape index (κ2) is 4.81. The predicted molar refractivity (Wildman–Crippen MR) is 64.5 cm³/mol. The molecule has 9 heteroatoms. The highest BCUT2D eigenvalue weighted by atomic mass is 19.4. The van der Waals surface area contributed by atoms with Gasteiger partial charge >= 0.3 is 12.4 Å². The minimum absolute atomic E-state index is 0.0340. The van der Waals surface area contributed by atoms with Gasteiger partial charge in [-0.2, -0.15) is 26.3 Å². The van der Waals surface area contributed by atoms with E-state index < -0.39 is 30.6 Å². The Morgan fingerprint density at radius 1 is 1.19 bits per heavy atom. The van der Waals surface area contributed by atoms with E-state index in [9.17, 15) is 26.3 Å². The number of fused-ring (bicyclic) bond motifs is 1. The van der Waals surface area contributed by atoms with Crippen LogP contribution in [0, 0.1) is 0 Å². The Kier molecular flexibility index (Phi) is 3.54. The maximum absolute atomic E-state index is 13.0. The number of anilines is 1. The normalized spacial score (nSPS) is 14.6. The van der Waals surface area contributed by atoms with Crippen molar-refractivity contribution in [2.45, 2.75) is 31.7 Å². The van der Waals surface area contributed by atoms with Crippen molar-refractivity contribution in [3.63, 3.8) is 0 Å². The number of alkyl halides is 6. The summed E-state index contributed by atoms with van der Waals surface area (Å²) in [5.74, 6) is -1.36. The van der Waals surface area contributed by atoms with Gasteiger partial charge in [-0.25, -0.2) is 4.98 Å². The number of benzene rings is 1. The molecule has 1 heterocycles. The Morgan fingerprint density at radius 3 is 2.33 bits per heavy atom. The van der Waals surface area contributed by atoms with Crippen molar-refractivity contribution in [3.8, 4) is 0 Å². The van der Waals surface area contributed by atoms with Crippen LogP contribution < -0.4 is 5.73 Å². The van der Waals surface area contributed by atoms with Gasteiger partial charge in [0.2, 0.25) is 5.82 Å². The van der Waals surface area contributed by atoms with Crippen LogP contribution >= 0.6 is 0 Å². The molecular weight excluding hydrogens is 300 g/mol. The number of imidazole rings is 1. The molecular formula is C12H11F6N3. The lowest BCUT2D eigenvalue weighted by Crippen LogP contribution is -2.22. The number of nitrogens with two attached hydrogens (primary N) is 1. The van der Waals surface area contributed by atoms with E-state index in [1.807, 2.05) is 0 Å². The average molecular weight is 311 g/mol. The summed E-state index contributed by atoms with van der Waals surface area (Å²) in [7, 11) is 0. The summed E-state index contributed by atoms with van der Waals surface area (Å²) in [6.45, 7) is 1.07. The molecule has 3 nitrogen and oxygen atoms in total. The highest BCUT2D eigenvalue weighted by Crippen LogP contribution is 2.37. The van der Waals surface area contributed by atoms with Gasteiger partial charge in [-0.05, 0) is 25.1 Å². The van der Waals surface area contributed by atoms with Crippen molar-refractivity contribution in [2.75, 3.05) is 5.73 Å². The minimum atomic E-state index is -4.85. The maximum atomic E-state index is 13.0. The smallest absolute Gasteiger partial charge is 0.399 e. The van der Waals surface area contributed by atoms with Crippen LogP contribution in [0.2, 0.25) is 0 Å². The molecule has 0 bridgehead atoms. The lowest BCUT2D eigenvalue weighted by atomic mass is 10.2. The van der Waals surface area contributed by atoms with E-state index in [2.05, 4.69) is 4.98 Å². The van der Waals surface area contributed by atoms with Gasteiger partial charge in [0.25, 0.3) is 0 Å². The third-order valence-electron chi connectivity index (χ3n) is 2.93. The van der Waals surface area contributed by atoms with E-state index in [1.54, 1.807) is 0 Å². The SMILES string of the molecule is CC(CC(F)(F)F)n1c(C(F)(F)F)nc2cc(N)ccc21. The molecule has 2 rings (SSSR count). The number of hydrogen-bond acceptors (Lipinski definition) is 2. The molecule has 2 aromatic rings. The van der Waals surface area contributed by atoms with Gasteiger partial charge in [0.15, 0.2) is 0 Å². The van der Waals surface area contributed by atoms with Crippen LogP contribution in [-0.2, 0) is 6.18 Å². The fraction of sp³-hybridized carbons (Fsp3) is 0.417. The first-order chi connectivity index (χ1) is 9.49. The van der Waals surface area contributed by atoms with Gasteiger partial charge in [0.1, 0.15) is 0 Å². The molecule has 21 heavy (non-hydrogen) atoms. The van der Waals surface area contributed by atoms with E-state index in [4.69, 9.17) is 5.73 Å². The van der Waals surface area contributed by atoms with Crippen LogP contribution in [0.4, 0.5) is 32.0 Å². The van der Waals surface area contributed by atoms with Crippen LogP contribution in [0.15, 0.2) is 18.2 Å². The molecule has 0 amide bonds. The van der Waals surface area contributed by atoms with Gasteiger partial charge < -0.3 is 10.3 Å². The van der Waals surface area contributed by atoms with Crippen LogP contribution in [0.3, 0.4) is 0 Å². The van der Waals surface area contributed by atoms with Gasteiger partial charge in [-0.1, -0.05) is 0 Å². The largest absolute Gasteiger partial charge is 0.449 e. The first kappa shape index (κ1) is 15.5. The fourth-order valence-electron chi connectivity index (χ4n) is 2.19. The Morgan fingerprint density at radius 2 is 1.81 bits per heavy atom. The highest BCUT2D eigenvalue weighted by molar-refractivity contribution is 5.80. The van der Waals surface area contributed by atoms with Crippen molar-refractivity contribution >= 4 is 16.7 Å². The summed E-state index contributed by atoms with van der Waals surface area (Å²) >= 11 is 0. The zero-order chi connectivity index (χ0) is 16.0. The molecule has 0 fully saturated rings. The van der Waals surface area contributed by atoms with Crippen LogP contribution in [0.5, 0.6) is 0 Å². The second-order valence-electron chi connectivity index (χ2n) is 4.72. The van der Waals surface area contributed by atoms with Crippen molar-refractivity contribution in [3.05, 3.63) is 24.0 Å². The molecule has 0 saturated heterocycles. The van der Waals surface area contributed by atoms with Crippen molar-refractivity contribution < 1.29 is 26.3 Å². The Balaban J connectivity index is 2.63. The summed E-state index contributed by atoms with van der Waals surface area (Å²) in [4.78, 5) is 3.39. The van der Waals surface area contributed by atoms with Gasteiger partial charge in [-0.3, -0.25) is 0 Å². The van der Waals surface area contributed by atoms with Crippen LogP contribution in [0.25, 0.3) is 11.0 Å². The third kappa shape index (κ3) is 3.22. The summed E-state index contributed by atoms with van der Waals surface area (Å²) in [5.41, 5.74) is 5.52. The first-order valence-corrected chi connectivity index (χ1v) is 5.90. The van der Waals surface area contributed by atoms with Gasteiger partial charge in [0.05, 0.1) is 17.5 Å². The molecule has 0 aliphatic rings. The maximum Gasteiger partial charge on any atom is 0.449 e. The van der Waals surface area contributed by atoms with Crippen molar-refractivity contribution in [1.82, 2.24) is 9.55 Å². The lowest BCUT2D eigenvalue weighted by Gasteiger charge is -2.20. The molecule has 1 aromatic carbocycles. The second-order valence-corrected chi connectivity index (χ2v) is 4.72. The van der Waals surface area contributed by atoms with E-state index in [0.29, 0.717) is 4.57 Å². The van der Waals surface area contributed by atoms with Crippen LogP contribution in [0.1, 0.15) is 25.2 Å². The summed E-state index contributed by atoms with van der Waals surface area (Å²) in [5, 5.41) is 0. The molecule has 0 spiro atoms. The Labute approximate surface area is 115 Å². The molecule has 0 saturated carbocycles. The van der Waals surface area contributed by atoms with Gasteiger partial charge in [-0.15, -0.1) is 0 Å². The minimum Gasteiger partial charge on any atom is -0.399 e. The number of halogens is 6. The summed E-state index contributed by atoms with van der Waals surface area (Å²) in [6.07, 6.45) is -10.8. The monoisotopic (exact) mass is 311 g/mol. The molecule has 1 aromatic heterocycles. The summed E-state index contributed by atoms with van der Waals surface area (Å²) < 4.78 is 76.9. The Bertz CT molecular complexity index is 655. The Hall–Kier alpha value is -1.93.